The molecule has 1 aliphatic rings. The van der Waals surface area contributed by atoms with Crippen molar-refractivity contribution in [2.75, 3.05) is 0 Å². The van der Waals surface area contributed by atoms with Crippen molar-refractivity contribution in [2.45, 2.75) is 38.1 Å². The van der Waals surface area contributed by atoms with Gasteiger partial charge in [0, 0.05) is 0 Å². The lowest BCUT2D eigenvalue weighted by atomic mass is 9.74. The SMILES string of the molecule is CC1CCCCC1(NC#N)C(=O)O. The first-order valence-corrected chi connectivity index (χ1v) is 4.53. The maximum absolute atomic E-state index is 11.1. The standard InChI is InChI=1S/C9H14N2O2/c1-7-4-2-3-5-9(7,8(12)13)11-6-10/h7,11H,2-5H2,1H3,(H,12,13). The number of nitrogens with one attached hydrogen (secondary N) is 1. The Kier molecular flexibility index (Phi) is 2.76. The zero-order valence-corrected chi connectivity index (χ0v) is 7.71. The van der Waals surface area contributed by atoms with Crippen molar-refractivity contribution in [3.05, 3.63) is 0 Å². The molecule has 0 spiro atoms. The summed E-state index contributed by atoms with van der Waals surface area (Å²) in [6.07, 6.45) is 5.13. The number of carbonyl (C=O) groups is 1. The van der Waals surface area contributed by atoms with Crippen molar-refractivity contribution < 1.29 is 9.90 Å². The lowest BCUT2D eigenvalue weighted by Crippen LogP contribution is -2.56. The van der Waals surface area contributed by atoms with Gasteiger partial charge in [0.05, 0.1) is 0 Å². The molecule has 4 heteroatoms. The molecule has 4 nitrogen and oxygen atoms in total. The van der Waals surface area contributed by atoms with Gasteiger partial charge in [-0.15, -0.1) is 0 Å². The fraction of sp³-hybridized carbons (Fsp3) is 0.778. The molecule has 2 atom stereocenters. The quantitative estimate of drug-likeness (QED) is 0.495. The molecular weight excluding hydrogens is 168 g/mol. The molecule has 0 bridgehead atoms. The topological polar surface area (TPSA) is 73.1 Å². The Bertz CT molecular complexity index is 246. The first-order valence-electron chi connectivity index (χ1n) is 4.53. The third-order valence-electron chi connectivity index (χ3n) is 2.96. The number of carboxylic acids is 1. The van der Waals surface area contributed by atoms with Crippen molar-refractivity contribution in [3.63, 3.8) is 0 Å². The number of carboxylic acid groups (broad SMARTS) is 1. The van der Waals surface area contributed by atoms with Gasteiger partial charge in [-0.25, -0.2) is 4.79 Å². The molecular formula is C9H14N2O2. The van der Waals surface area contributed by atoms with Gasteiger partial charge in [-0.3, -0.25) is 0 Å². The maximum atomic E-state index is 11.1. The normalized spacial score (nSPS) is 33.4. The van der Waals surface area contributed by atoms with Gasteiger partial charge in [0.2, 0.25) is 0 Å². The van der Waals surface area contributed by atoms with Crippen LogP contribution in [0.5, 0.6) is 0 Å². The van der Waals surface area contributed by atoms with Gasteiger partial charge >= 0.3 is 5.97 Å². The molecule has 2 N–H and O–H groups in total. The highest BCUT2D eigenvalue weighted by Crippen LogP contribution is 2.33. The number of rotatable bonds is 2. The van der Waals surface area contributed by atoms with Gasteiger partial charge in [-0.1, -0.05) is 19.8 Å². The predicted octanol–water partition coefficient (Wildman–Crippen LogP) is 1.09. The monoisotopic (exact) mass is 182 g/mol. The second-order valence-corrected chi connectivity index (χ2v) is 3.66. The minimum atomic E-state index is -1.01. The molecule has 1 aliphatic carbocycles. The zero-order valence-electron chi connectivity index (χ0n) is 7.71. The summed E-state index contributed by atoms with van der Waals surface area (Å²) in [5, 5.41) is 20.1. The van der Waals surface area contributed by atoms with Crippen molar-refractivity contribution in [1.29, 1.82) is 5.26 Å². The third kappa shape index (κ3) is 1.59. The maximum Gasteiger partial charge on any atom is 0.330 e. The van der Waals surface area contributed by atoms with Crippen LogP contribution in [0.3, 0.4) is 0 Å². The summed E-state index contributed by atoms with van der Waals surface area (Å²) in [7, 11) is 0. The molecule has 0 aromatic carbocycles. The average Bonchev–Trinajstić information content (AvgIpc) is 2.09. The highest BCUT2D eigenvalue weighted by atomic mass is 16.4. The summed E-state index contributed by atoms with van der Waals surface area (Å²) in [4.78, 5) is 11.1. The summed E-state index contributed by atoms with van der Waals surface area (Å²) in [6.45, 7) is 1.89. The zero-order chi connectivity index (χ0) is 9.90. The highest BCUT2D eigenvalue weighted by molar-refractivity contribution is 5.79. The van der Waals surface area contributed by atoms with Crippen LogP contribution < -0.4 is 5.32 Å². The number of hydrogen-bond donors (Lipinski definition) is 2. The second kappa shape index (κ2) is 3.65. The molecule has 0 amide bonds. The van der Waals surface area contributed by atoms with Gasteiger partial charge in [0.1, 0.15) is 5.54 Å². The van der Waals surface area contributed by atoms with E-state index in [2.05, 4.69) is 5.32 Å². The smallest absolute Gasteiger partial charge is 0.330 e. The van der Waals surface area contributed by atoms with Gasteiger partial charge in [0.25, 0.3) is 0 Å². The van der Waals surface area contributed by atoms with Crippen LogP contribution in [0.1, 0.15) is 32.6 Å². The lowest BCUT2D eigenvalue weighted by Gasteiger charge is -2.37. The summed E-state index contributed by atoms with van der Waals surface area (Å²) in [6, 6.07) is 0. The van der Waals surface area contributed by atoms with Gasteiger partial charge < -0.3 is 10.4 Å². The molecule has 0 radical (unpaired) electrons. The molecule has 0 aromatic rings. The van der Waals surface area contributed by atoms with E-state index in [-0.39, 0.29) is 5.92 Å². The van der Waals surface area contributed by atoms with E-state index >= 15 is 0 Å². The van der Waals surface area contributed by atoms with E-state index in [0.29, 0.717) is 6.42 Å². The Morgan fingerprint density at radius 3 is 2.85 bits per heavy atom. The second-order valence-electron chi connectivity index (χ2n) is 3.66. The van der Waals surface area contributed by atoms with E-state index < -0.39 is 11.5 Å². The molecule has 0 saturated heterocycles. The summed E-state index contributed by atoms with van der Waals surface area (Å²) in [5.74, 6) is -0.875. The first kappa shape index (κ1) is 9.85. The van der Waals surface area contributed by atoms with Crippen LogP contribution >= 0.6 is 0 Å². The van der Waals surface area contributed by atoms with Crippen molar-refractivity contribution in [3.8, 4) is 6.19 Å². The van der Waals surface area contributed by atoms with E-state index in [9.17, 15) is 4.79 Å². The molecule has 0 aliphatic heterocycles. The van der Waals surface area contributed by atoms with Crippen LogP contribution in [0.4, 0.5) is 0 Å². The van der Waals surface area contributed by atoms with E-state index in [0.717, 1.165) is 19.3 Å². The Balaban J connectivity index is 2.87. The number of nitrogens with zero attached hydrogens (tertiary/aromatic N) is 1. The van der Waals surface area contributed by atoms with E-state index in [4.69, 9.17) is 10.4 Å². The largest absolute Gasteiger partial charge is 0.479 e. The van der Waals surface area contributed by atoms with Gasteiger partial charge in [0.15, 0.2) is 6.19 Å². The van der Waals surface area contributed by atoms with Crippen molar-refractivity contribution in [2.24, 2.45) is 5.92 Å². The molecule has 13 heavy (non-hydrogen) atoms. The highest BCUT2D eigenvalue weighted by Gasteiger charge is 2.45. The molecule has 0 heterocycles. The van der Waals surface area contributed by atoms with Crippen LogP contribution in [-0.2, 0) is 4.79 Å². The Labute approximate surface area is 77.6 Å². The van der Waals surface area contributed by atoms with Crippen molar-refractivity contribution in [1.82, 2.24) is 5.32 Å². The number of aliphatic carboxylic acids is 1. The molecule has 1 fully saturated rings. The first-order chi connectivity index (χ1) is 6.13. The predicted molar refractivity (Wildman–Crippen MR) is 46.7 cm³/mol. The summed E-state index contributed by atoms with van der Waals surface area (Å²) < 4.78 is 0. The summed E-state index contributed by atoms with van der Waals surface area (Å²) in [5.41, 5.74) is -1.01. The van der Waals surface area contributed by atoms with E-state index in [1.54, 1.807) is 6.19 Å². The summed E-state index contributed by atoms with van der Waals surface area (Å²) >= 11 is 0. The van der Waals surface area contributed by atoms with Gasteiger partial charge in [-0.05, 0) is 18.8 Å². The number of hydrogen-bond acceptors (Lipinski definition) is 3. The van der Waals surface area contributed by atoms with Crippen LogP contribution in [-0.4, -0.2) is 16.6 Å². The minimum absolute atomic E-state index is 0.0263. The number of nitriles is 1. The molecule has 0 aromatic heterocycles. The van der Waals surface area contributed by atoms with Gasteiger partial charge in [-0.2, -0.15) is 5.26 Å². The lowest BCUT2D eigenvalue weighted by molar-refractivity contribution is -0.148. The molecule has 1 saturated carbocycles. The fourth-order valence-corrected chi connectivity index (χ4v) is 2.00. The van der Waals surface area contributed by atoms with Crippen LogP contribution in [0.25, 0.3) is 0 Å². The van der Waals surface area contributed by atoms with E-state index in [1.807, 2.05) is 6.92 Å². The Hall–Kier alpha value is -1.24. The van der Waals surface area contributed by atoms with Crippen molar-refractivity contribution >= 4 is 5.97 Å². The molecule has 2 unspecified atom stereocenters. The minimum Gasteiger partial charge on any atom is -0.479 e. The van der Waals surface area contributed by atoms with E-state index in [1.165, 1.54) is 0 Å². The molecule has 1 rings (SSSR count). The Morgan fingerprint density at radius 1 is 1.69 bits per heavy atom. The Morgan fingerprint density at radius 2 is 2.38 bits per heavy atom. The van der Waals surface area contributed by atoms with Crippen LogP contribution in [0, 0.1) is 17.4 Å². The third-order valence-corrected chi connectivity index (χ3v) is 2.96. The van der Waals surface area contributed by atoms with Crippen LogP contribution in [0.15, 0.2) is 0 Å². The van der Waals surface area contributed by atoms with Crippen LogP contribution in [0.2, 0.25) is 0 Å². The average molecular weight is 182 g/mol. The fourth-order valence-electron chi connectivity index (χ4n) is 2.00. The molecule has 72 valence electrons.